The van der Waals surface area contributed by atoms with Crippen molar-refractivity contribution in [2.24, 2.45) is 5.92 Å². The van der Waals surface area contributed by atoms with Crippen LogP contribution in [0.5, 0.6) is 5.75 Å². The number of benzene rings is 1. The van der Waals surface area contributed by atoms with Crippen molar-refractivity contribution in [3.63, 3.8) is 0 Å². The van der Waals surface area contributed by atoms with Gasteiger partial charge in [0.25, 0.3) is 0 Å². The Morgan fingerprint density at radius 2 is 2.12 bits per heavy atom. The molecule has 1 heterocycles. The first-order chi connectivity index (χ1) is 8.27. The third-order valence-electron chi connectivity index (χ3n) is 3.40. The molecule has 1 aromatic carbocycles. The molecular weight excluding hydrogens is 217 g/mol. The lowest BCUT2D eigenvalue weighted by atomic mass is 9.95. The lowest BCUT2D eigenvalue weighted by Crippen LogP contribution is -2.28. The van der Waals surface area contributed by atoms with E-state index in [4.69, 9.17) is 4.74 Å². The van der Waals surface area contributed by atoms with Crippen molar-refractivity contribution in [2.75, 3.05) is 19.7 Å². The fourth-order valence-corrected chi connectivity index (χ4v) is 2.24. The van der Waals surface area contributed by atoms with E-state index in [0.29, 0.717) is 17.9 Å². The molecule has 0 bridgehead atoms. The number of hydrogen-bond donors (Lipinski definition) is 1. The summed E-state index contributed by atoms with van der Waals surface area (Å²) in [7, 11) is 0. The molecule has 1 fully saturated rings. The van der Waals surface area contributed by atoms with Gasteiger partial charge in [0.05, 0.1) is 6.61 Å². The second-order valence-electron chi connectivity index (χ2n) is 4.72. The highest BCUT2D eigenvalue weighted by Gasteiger charge is 2.13. The third kappa shape index (κ3) is 3.43. The molecule has 0 amide bonds. The zero-order valence-electron chi connectivity index (χ0n) is 10.3. The molecule has 0 saturated carbocycles. The van der Waals surface area contributed by atoms with Crippen LogP contribution in [-0.4, -0.2) is 19.7 Å². The number of ether oxygens (including phenoxy) is 1. The molecule has 1 saturated heterocycles. The van der Waals surface area contributed by atoms with Crippen LogP contribution in [0.2, 0.25) is 0 Å². The average Bonchev–Trinajstić information content (AvgIpc) is 2.36. The third-order valence-corrected chi connectivity index (χ3v) is 3.40. The number of rotatable bonds is 4. The lowest BCUT2D eigenvalue weighted by Gasteiger charge is -2.22. The summed E-state index contributed by atoms with van der Waals surface area (Å²) in [6.07, 6.45) is 3.44. The zero-order chi connectivity index (χ0) is 12.1. The summed E-state index contributed by atoms with van der Waals surface area (Å²) in [4.78, 5) is 0. The molecule has 1 aliphatic rings. The van der Waals surface area contributed by atoms with Crippen molar-refractivity contribution in [3.8, 4) is 5.75 Å². The van der Waals surface area contributed by atoms with E-state index in [-0.39, 0.29) is 5.82 Å². The summed E-state index contributed by atoms with van der Waals surface area (Å²) in [5.74, 6) is 0.890. The maximum atomic E-state index is 13.6. The molecule has 0 unspecified atom stereocenters. The highest BCUT2D eigenvalue weighted by molar-refractivity contribution is 5.29. The van der Waals surface area contributed by atoms with Gasteiger partial charge in [-0.05, 0) is 56.8 Å². The molecule has 3 heteroatoms. The van der Waals surface area contributed by atoms with Crippen LogP contribution in [0.15, 0.2) is 18.2 Å². The maximum Gasteiger partial charge on any atom is 0.167 e. The van der Waals surface area contributed by atoms with Crippen LogP contribution in [0.1, 0.15) is 24.8 Å². The molecule has 0 aromatic heterocycles. The molecule has 0 spiro atoms. The van der Waals surface area contributed by atoms with Crippen LogP contribution in [0.4, 0.5) is 4.39 Å². The van der Waals surface area contributed by atoms with E-state index in [2.05, 4.69) is 5.32 Å². The fourth-order valence-electron chi connectivity index (χ4n) is 2.24. The average molecular weight is 237 g/mol. The van der Waals surface area contributed by atoms with E-state index >= 15 is 0 Å². The standard InChI is InChI=1S/C14H20FNO/c1-11-3-2-4-13(14(11)15)17-10-7-12-5-8-16-9-6-12/h2-4,12,16H,5-10H2,1H3. The predicted octanol–water partition coefficient (Wildman–Crippen LogP) is 2.90. The van der Waals surface area contributed by atoms with Gasteiger partial charge in [0, 0.05) is 0 Å². The Labute approximate surface area is 102 Å². The van der Waals surface area contributed by atoms with Gasteiger partial charge in [-0.15, -0.1) is 0 Å². The summed E-state index contributed by atoms with van der Waals surface area (Å²) in [5.41, 5.74) is 0.643. The van der Waals surface area contributed by atoms with Crippen LogP contribution in [0, 0.1) is 18.7 Å². The first kappa shape index (κ1) is 12.4. The van der Waals surface area contributed by atoms with Crippen molar-refractivity contribution in [2.45, 2.75) is 26.2 Å². The van der Waals surface area contributed by atoms with Gasteiger partial charge < -0.3 is 10.1 Å². The van der Waals surface area contributed by atoms with Gasteiger partial charge >= 0.3 is 0 Å². The van der Waals surface area contributed by atoms with E-state index in [1.54, 1.807) is 19.1 Å². The Morgan fingerprint density at radius 3 is 2.88 bits per heavy atom. The number of hydrogen-bond acceptors (Lipinski definition) is 2. The van der Waals surface area contributed by atoms with Crippen LogP contribution >= 0.6 is 0 Å². The van der Waals surface area contributed by atoms with Crippen molar-refractivity contribution in [1.29, 1.82) is 0 Å². The Kier molecular flexibility index (Phi) is 4.37. The molecule has 1 aromatic rings. The summed E-state index contributed by atoms with van der Waals surface area (Å²) in [6, 6.07) is 5.29. The van der Waals surface area contributed by atoms with Gasteiger partial charge in [0.1, 0.15) is 0 Å². The molecule has 1 N–H and O–H groups in total. The lowest BCUT2D eigenvalue weighted by molar-refractivity contribution is 0.244. The Hall–Kier alpha value is -1.09. The summed E-state index contributed by atoms with van der Waals surface area (Å²) in [5, 5.41) is 3.34. The Morgan fingerprint density at radius 1 is 1.35 bits per heavy atom. The molecule has 0 radical (unpaired) electrons. The molecule has 2 nitrogen and oxygen atoms in total. The first-order valence-electron chi connectivity index (χ1n) is 6.36. The van der Waals surface area contributed by atoms with Crippen LogP contribution in [0.25, 0.3) is 0 Å². The van der Waals surface area contributed by atoms with Crippen molar-refractivity contribution in [1.82, 2.24) is 5.32 Å². The smallest absolute Gasteiger partial charge is 0.167 e. The molecule has 0 atom stereocenters. The predicted molar refractivity (Wildman–Crippen MR) is 66.8 cm³/mol. The van der Waals surface area contributed by atoms with E-state index in [1.807, 2.05) is 6.07 Å². The van der Waals surface area contributed by atoms with E-state index in [1.165, 1.54) is 12.8 Å². The maximum absolute atomic E-state index is 13.6. The van der Waals surface area contributed by atoms with Gasteiger partial charge in [-0.3, -0.25) is 0 Å². The minimum Gasteiger partial charge on any atom is -0.490 e. The molecule has 1 aliphatic heterocycles. The van der Waals surface area contributed by atoms with E-state index in [9.17, 15) is 4.39 Å². The van der Waals surface area contributed by atoms with Gasteiger partial charge in [-0.2, -0.15) is 0 Å². The molecule has 0 aliphatic carbocycles. The highest BCUT2D eigenvalue weighted by Crippen LogP contribution is 2.21. The molecule has 17 heavy (non-hydrogen) atoms. The van der Waals surface area contributed by atoms with E-state index < -0.39 is 0 Å². The number of nitrogens with one attached hydrogen (secondary N) is 1. The molecule has 2 rings (SSSR count). The fraction of sp³-hybridized carbons (Fsp3) is 0.571. The summed E-state index contributed by atoms with van der Waals surface area (Å²) >= 11 is 0. The first-order valence-corrected chi connectivity index (χ1v) is 6.36. The summed E-state index contributed by atoms with van der Waals surface area (Å²) in [6.45, 7) is 4.58. The number of aryl methyl sites for hydroxylation is 1. The summed E-state index contributed by atoms with van der Waals surface area (Å²) < 4.78 is 19.2. The Balaban J connectivity index is 1.79. The second-order valence-corrected chi connectivity index (χ2v) is 4.72. The zero-order valence-corrected chi connectivity index (χ0v) is 10.3. The second kappa shape index (κ2) is 6.01. The minimum absolute atomic E-state index is 0.224. The largest absolute Gasteiger partial charge is 0.490 e. The van der Waals surface area contributed by atoms with Gasteiger partial charge in [-0.1, -0.05) is 12.1 Å². The molecular formula is C14H20FNO. The van der Waals surface area contributed by atoms with Crippen molar-refractivity contribution >= 4 is 0 Å². The monoisotopic (exact) mass is 237 g/mol. The quantitative estimate of drug-likeness (QED) is 0.869. The number of piperidine rings is 1. The van der Waals surface area contributed by atoms with Crippen LogP contribution < -0.4 is 10.1 Å². The molecule has 94 valence electrons. The van der Waals surface area contributed by atoms with Crippen molar-refractivity contribution < 1.29 is 9.13 Å². The van der Waals surface area contributed by atoms with Crippen LogP contribution in [-0.2, 0) is 0 Å². The normalized spacial score (nSPS) is 17.1. The Bertz CT molecular complexity index is 361. The van der Waals surface area contributed by atoms with Crippen LogP contribution in [0.3, 0.4) is 0 Å². The van der Waals surface area contributed by atoms with Gasteiger partial charge in [-0.25, -0.2) is 4.39 Å². The van der Waals surface area contributed by atoms with E-state index in [0.717, 1.165) is 25.4 Å². The number of halogens is 1. The SMILES string of the molecule is Cc1cccc(OCCC2CCNCC2)c1F. The van der Waals surface area contributed by atoms with Crippen molar-refractivity contribution in [3.05, 3.63) is 29.6 Å². The topological polar surface area (TPSA) is 21.3 Å². The highest BCUT2D eigenvalue weighted by atomic mass is 19.1. The van der Waals surface area contributed by atoms with Gasteiger partial charge in [0.15, 0.2) is 11.6 Å². The minimum atomic E-state index is -0.224. The van der Waals surface area contributed by atoms with Gasteiger partial charge in [0.2, 0.25) is 0 Å².